The van der Waals surface area contributed by atoms with Gasteiger partial charge in [-0.2, -0.15) is 10.2 Å². The predicted octanol–water partition coefficient (Wildman–Crippen LogP) is 3.49. The van der Waals surface area contributed by atoms with E-state index in [1.807, 2.05) is 70.3 Å². The highest BCUT2D eigenvalue weighted by atomic mass is 35.5. The fourth-order valence-electron chi connectivity index (χ4n) is 1.94. The van der Waals surface area contributed by atoms with E-state index in [-0.39, 0.29) is 6.17 Å². The van der Waals surface area contributed by atoms with E-state index in [0.29, 0.717) is 0 Å². The lowest BCUT2D eigenvalue weighted by atomic mass is 10.2. The van der Waals surface area contributed by atoms with Crippen molar-refractivity contribution in [3.8, 4) is 0 Å². The van der Waals surface area contributed by atoms with Gasteiger partial charge < -0.3 is 0 Å². The van der Waals surface area contributed by atoms with E-state index >= 15 is 0 Å². The summed E-state index contributed by atoms with van der Waals surface area (Å²) in [5.41, 5.74) is 1.08. The van der Waals surface area contributed by atoms with Gasteiger partial charge in [-0.05, 0) is 35.9 Å². The summed E-state index contributed by atoms with van der Waals surface area (Å²) in [7, 11) is 0. The second-order valence-corrected chi connectivity index (χ2v) is 4.73. The Labute approximate surface area is 121 Å². The van der Waals surface area contributed by atoms with Crippen LogP contribution in [-0.4, -0.2) is 19.6 Å². The maximum Gasteiger partial charge on any atom is 0.162 e. The Morgan fingerprint density at radius 2 is 1.55 bits per heavy atom. The van der Waals surface area contributed by atoms with Gasteiger partial charge in [-0.25, -0.2) is 9.36 Å². The van der Waals surface area contributed by atoms with E-state index in [9.17, 15) is 0 Å². The van der Waals surface area contributed by atoms with E-state index in [1.54, 1.807) is 12.4 Å². The molecule has 3 rings (SSSR count). The van der Waals surface area contributed by atoms with Gasteiger partial charge in [0.05, 0.1) is 0 Å². The molecule has 0 saturated heterocycles. The number of nitrogens with zero attached hydrogens (tertiary/aromatic N) is 4. The fourth-order valence-corrected chi connectivity index (χ4v) is 2.07. The summed E-state index contributed by atoms with van der Waals surface area (Å²) in [6.45, 7) is 0. The Morgan fingerprint density at radius 3 is 2.05 bits per heavy atom. The predicted molar refractivity (Wildman–Crippen MR) is 79.4 cm³/mol. The smallest absolute Gasteiger partial charge is 0.162 e. The summed E-state index contributed by atoms with van der Waals surface area (Å²) in [6.07, 6.45) is 11.3. The van der Waals surface area contributed by atoms with Crippen molar-refractivity contribution in [3.63, 3.8) is 0 Å². The molecule has 0 aliphatic rings. The number of hydrogen-bond acceptors (Lipinski definition) is 2. The maximum absolute atomic E-state index is 5.88. The van der Waals surface area contributed by atoms with Gasteiger partial charge in [-0.1, -0.05) is 29.8 Å². The minimum atomic E-state index is -0.0873. The molecule has 20 heavy (non-hydrogen) atoms. The zero-order chi connectivity index (χ0) is 13.8. The molecule has 0 fully saturated rings. The standard InChI is InChI=1S/C15H13ClN4/c16-14-6-3-13(4-7-14)5-8-15(19-11-1-9-17-19)20-12-2-10-18-20/h1-12,15H/b8-5+. The van der Waals surface area contributed by atoms with Gasteiger partial charge in [0.25, 0.3) is 0 Å². The summed E-state index contributed by atoms with van der Waals surface area (Å²) >= 11 is 5.88. The van der Waals surface area contributed by atoms with Crippen molar-refractivity contribution in [1.29, 1.82) is 0 Å². The monoisotopic (exact) mass is 284 g/mol. The molecule has 4 nitrogen and oxygen atoms in total. The lowest BCUT2D eigenvalue weighted by molar-refractivity contribution is 0.433. The van der Waals surface area contributed by atoms with Crippen LogP contribution in [0.1, 0.15) is 11.7 Å². The van der Waals surface area contributed by atoms with Crippen LogP contribution in [0.4, 0.5) is 0 Å². The third kappa shape index (κ3) is 2.81. The first-order chi connectivity index (χ1) is 9.83. The van der Waals surface area contributed by atoms with E-state index < -0.39 is 0 Å². The molecule has 0 unspecified atom stereocenters. The highest BCUT2D eigenvalue weighted by molar-refractivity contribution is 6.30. The molecule has 0 bridgehead atoms. The Morgan fingerprint density at radius 1 is 0.950 bits per heavy atom. The summed E-state index contributed by atoms with van der Waals surface area (Å²) < 4.78 is 3.69. The van der Waals surface area contributed by atoms with Crippen molar-refractivity contribution in [2.24, 2.45) is 0 Å². The Kier molecular flexibility index (Phi) is 3.65. The van der Waals surface area contributed by atoms with Gasteiger partial charge in [0.15, 0.2) is 6.17 Å². The number of halogens is 1. The normalized spacial score (nSPS) is 11.5. The average Bonchev–Trinajstić information content (AvgIpc) is 3.14. The molecule has 0 spiro atoms. The largest absolute Gasteiger partial charge is 0.244 e. The molecule has 0 aliphatic heterocycles. The molecule has 3 aromatic rings. The van der Waals surface area contributed by atoms with Crippen LogP contribution in [0.2, 0.25) is 5.02 Å². The zero-order valence-corrected chi connectivity index (χ0v) is 11.4. The molecule has 2 heterocycles. The minimum Gasteiger partial charge on any atom is -0.244 e. The average molecular weight is 285 g/mol. The van der Waals surface area contributed by atoms with Crippen LogP contribution in [-0.2, 0) is 0 Å². The van der Waals surface area contributed by atoms with Crippen LogP contribution in [0.15, 0.2) is 67.3 Å². The highest BCUT2D eigenvalue weighted by Crippen LogP contribution is 2.14. The minimum absolute atomic E-state index is 0.0873. The Balaban J connectivity index is 1.89. The second kappa shape index (κ2) is 5.75. The second-order valence-electron chi connectivity index (χ2n) is 4.30. The Hall–Kier alpha value is -2.33. The number of aromatic nitrogens is 4. The first kappa shape index (κ1) is 12.7. The number of allylic oxidation sites excluding steroid dienone is 1. The number of benzene rings is 1. The van der Waals surface area contributed by atoms with Crippen LogP contribution >= 0.6 is 11.6 Å². The van der Waals surface area contributed by atoms with Gasteiger partial charge in [0.2, 0.25) is 0 Å². The van der Waals surface area contributed by atoms with Crippen molar-refractivity contribution >= 4 is 17.7 Å². The lowest BCUT2D eigenvalue weighted by Crippen LogP contribution is -2.16. The first-order valence-corrected chi connectivity index (χ1v) is 6.63. The van der Waals surface area contributed by atoms with Gasteiger partial charge >= 0.3 is 0 Å². The van der Waals surface area contributed by atoms with Crippen LogP contribution in [0, 0.1) is 0 Å². The molecular weight excluding hydrogens is 272 g/mol. The molecule has 1 aromatic carbocycles. The summed E-state index contributed by atoms with van der Waals surface area (Å²) in [4.78, 5) is 0. The van der Waals surface area contributed by atoms with Gasteiger partial charge in [0, 0.05) is 29.8 Å². The van der Waals surface area contributed by atoms with E-state index in [2.05, 4.69) is 10.2 Å². The van der Waals surface area contributed by atoms with Gasteiger partial charge in [-0.3, -0.25) is 0 Å². The highest BCUT2D eigenvalue weighted by Gasteiger charge is 2.09. The summed E-state index contributed by atoms with van der Waals surface area (Å²) in [5, 5.41) is 9.30. The van der Waals surface area contributed by atoms with E-state index in [0.717, 1.165) is 10.6 Å². The number of rotatable bonds is 4. The van der Waals surface area contributed by atoms with E-state index in [4.69, 9.17) is 11.6 Å². The molecule has 0 radical (unpaired) electrons. The molecule has 100 valence electrons. The SMILES string of the molecule is Clc1ccc(/C=C/C(n2cccn2)n2cccn2)cc1. The zero-order valence-electron chi connectivity index (χ0n) is 10.7. The van der Waals surface area contributed by atoms with Crippen molar-refractivity contribution in [2.45, 2.75) is 6.17 Å². The topological polar surface area (TPSA) is 35.6 Å². The lowest BCUT2D eigenvalue weighted by Gasteiger charge is -2.14. The maximum atomic E-state index is 5.88. The third-order valence-electron chi connectivity index (χ3n) is 2.92. The molecule has 5 heteroatoms. The van der Waals surface area contributed by atoms with Gasteiger partial charge in [-0.15, -0.1) is 0 Å². The molecule has 0 atom stereocenters. The molecule has 0 saturated carbocycles. The van der Waals surface area contributed by atoms with Crippen molar-refractivity contribution in [2.75, 3.05) is 0 Å². The number of hydrogen-bond donors (Lipinski definition) is 0. The van der Waals surface area contributed by atoms with Crippen molar-refractivity contribution in [3.05, 3.63) is 77.8 Å². The quantitative estimate of drug-likeness (QED) is 0.735. The third-order valence-corrected chi connectivity index (χ3v) is 3.17. The molecule has 0 N–H and O–H groups in total. The summed E-state index contributed by atoms with van der Waals surface area (Å²) in [5.74, 6) is 0. The van der Waals surface area contributed by atoms with Crippen LogP contribution in [0.5, 0.6) is 0 Å². The van der Waals surface area contributed by atoms with Crippen LogP contribution < -0.4 is 0 Å². The Bertz CT molecular complexity index is 635. The van der Waals surface area contributed by atoms with Crippen molar-refractivity contribution in [1.82, 2.24) is 19.6 Å². The molecule has 0 amide bonds. The first-order valence-electron chi connectivity index (χ1n) is 6.25. The van der Waals surface area contributed by atoms with Crippen LogP contribution in [0.3, 0.4) is 0 Å². The molecule has 0 aliphatic carbocycles. The summed E-state index contributed by atoms with van der Waals surface area (Å²) in [6, 6.07) is 11.5. The van der Waals surface area contributed by atoms with E-state index in [1.165, 1.54) is 0 Å². The van der Waals surface area contributed by atoms with Crippen molar-refractivity contribution < 1.29 is 0 Å². The fraction of sp³-hybridized carbons (Fsp3) is 0.0667. The van der Waals surface area contributed by atoms with Gasteiger partial charge in [0.1, 0.15) is 0 Å². The van der Waals surface area contributed by atoms with Crippen LogP contribution in [0.25, 0.3) is 6.08 Å². The molecular formula is C15H13ClN4. The molecule has 2 aromatic heterocycles.